The Hall–Kier alpha value is -0.0800. The minimum absolute atomic E-state index is 0.566. The average molecular weight is 341 g/mol. The third kappa shape index (κ3) is 14.3. The molecule has 0 radical (unpaired) electrons. The lowest BCUT2D eigenvalue weighted by Gasteiger charge is -2.29. The number of unbranched alkanes of at least 4 members (excludes halogenated alkanes) is 14. The first-order valence-electron chi connectivity index (χ1n) is 11.1. The number of hydrogen-bond acceptors (Lipinski definition) is 1. The first-order valence-corrected chi connectivity index (χ1v) is 11.1. The number of quaternary nitrogens is 1. The van der Waals surface area contributed by atoms with Crippen molar-refractivity contribution >= 4 is 0 Å². The van der Waals surface area contributed by atoms with E-state index in [0.717, 1.165) is 11.1 Å². The number of rotatable bonds is 18. The lowest BCUT2D eigenvalue weighted by Crippen LogP contribution is -2.43. The van der Waals surface area contributed by atoms with Crippen molar-refractivity contribution in [2.24, 2.45) is 0 Å². The van der Waals surface area contributed by atoms with Gasteiger partial charge in [0.2, 0.25) is 0 Å². The molecule has 1 rings (SSSR count). The Morgan fingerprint density at radius 1 is 0.667 bits per heavy atom. The molecule has 24 heavy (non-hydrogen) atoms. The zero-order chi connectivity index (χ0) is 17.5. The molecule has 0 aromatic heterocycles. The summed E-state index contributed by atoms with van der Waals surface area (Å²) in [6.07, 6.45) is 22.3. The van der Waals surface area contributed by atoms with Gasteiger partial charge in [0.25, 0.3) is 0 Å². The van der Waals surface area contributed by atoms with Crippen LogP contribution in [0.2, 0.25) is 0 Å². The summed E-state index contributed by atoms with van der Waals surface area (Å²) in [6.45, 7) is 5.82. The van der Waals surface area contributed by atoms with Gasteiger partial charge in [-0.05, 0) is 12.8 Å². The molecule has 1 fully saturated rings. The first-order chi connectivity index (χ1) is 11.6. The first kappa shape index (κ1) is 22.0. The molecule has 1 saturated heterocycles. The lowest BCUT2D eigenvalue weighted by atomic mass is 10.0. The third-order valence-corrected chi connectivity index (χ3v) is 5.47. The second kappa shape index (κ2) is 14.1. The molecule has 0 aromatic rings. The van der Waals surface area contributed by atoms with Crippen LogP contribution in [0, 0.1) is 0 Å². The van der Waals surface area contributed by atoms with Crippen LogP contribution in [0.4, 0.5) is 0 Å². The fourth-order valence-electron chi connectivity index (χ4n) is 3.73. The van der Waals surface area contributed by atoms with Gasteiger partial charge < -0.3 is 9.22 Å². The highest BCUT2D eigenvalue weighted by Crippen LogP contribution is 2.16. The molecular formula is C22H46NO+. The van der Waals surface area contributed by atoms with Crippen LogP contribution >= 0.6 is 0 Å². The van der Waals surface area contributed by atoms with E-state index in [1.54, 1.807) is 0 Å². The second-order valence-electron chi connectivity index (χ2n) is 8.75. The molecule has 2 nitrogen and oxygen atoms in total. The van der Waals surface area contributed by atoms with E-state index >= 15 is 0 Å². The van der Waals surface area contributed by atoms with E-state index in [1.807, 2.05) is 0 Å². The summed E-state index contributed by atoms with van der Waals surface area (Å²) < 4.78 is 6.50. The monoisotopic (exact) mass is 340 g/mol. The van der Waals surface area contributed by atoms with Gasteiger partial charge >= 0.3 is 0 Å². The third-order valence-electron chi connectivity index (χ3n) is 5.47. The van der Waals surface area contributed by atoms with Crippen molar-refractivity contribution in [3.05, 3.63) is 0 Å². The molecule has 1 aliphatic rings. The molecule has 2 heteroatoms. The van der Waals surface area contributed by atoms with Gasteiger partial charge in [-0.2, -0.15) is 0 Å². The maximum absolute atomic E-state index is 5.36. The van der Waals surface area contributed by atoms with E-state index in [-0.39, 0.29) is 0 Å². The summed E-state index contributed by atoms with van der Waals surface area (Å²) in [4.78, 5) is 0. The summed E-state index contributed by atoms with van der Waals surface area (Å²) in [5.41, 5.74) is 0. The molecule has 0 aromatic carbocycles. The molecule has 0 saturated carbocycles. The van der Waals surface area contributed by atoms with Gasteiger partial charge in [0.1, 0.15) is 12.6 Å². The summed E-state index contributed by atoms with van der Waals surface area (Å²) in [7, 11) is 4.71. The van der Waals surface area contributed by atoms with E-state index in [4.69, 9.17) is 4.74 Å². The van der Waals surface area contributed by atoms with Crippen LogP contribution in [-0.2, 0) is 4.74 Å². The van der Waals surface area contributed by atoms with Gasteiger partial charge in [-0.15, -0.1) is 0 Å². The van der Waals surface area contributed by atoms with Crippen molar-refractivity contribution in [3.63, 3.8) is 0 Å². The summed E-state index contributed by atoms with van der Waals surface area (Å²) in [5.74, 6) is 0. The number of likely N-dealkylation sites (N-methyl/N-ethyl adjacent to an activating group) is 1. The minimum atomic E-state index is 0.566. The highest BCUT2D eigenvalue weighted by atomic mass is 16.6. The van der Waals surface area contributed by atoms with E-state index in [9.17, 15) is 0 Å². The van der Waals surface area contributed by atoms with E-state index in [0.29, 0.717) is 6.10 Å². The molecule has 1 heterocycles. The zero-order valence-corrected chi connectivity index (χ0v) is 17.2. The smallest absolute Gasteiger partial charge is 0.130 e. The standard InChI is InChI=1S/C22H46NO/c1-4-5-6-7-8-9-10-11-12-13-14-15-16-17-18-19-23(2,3)20-22-21-24-22/h22H,4-21H2,1-3H3/q+1. The predicted octanol–water partition coefficient (Wildman–Crippen LogP) is 6.33. The van der Waals surface area contributed by atoms with E-state index in [2.05, 4.69) is 21.0 Å². The molecule has 0 aliphatic carbocycles. The molecule has 1 aliphatic heterocycles. The van der Waals surface area contributed by atoms with Crippen LogP contribution in [0.1, 0.15) is 103 Å². The van der Waals surface area contributed by atoms with E-state index < -0.39 is 0 Å². The van der Waals surface area contributed by atoms with Crippen molar-refractivity contribution in [3.8, 4) is 0 Å². The van der Waals surface area contributed by atoms with Gasteiger partial charge in [-0.25, -0.2) is 0 Å². The average Bonchev–Trinajstić information content (AvgIpc) is 3.34. The Balaban J connectivity index is 1.71. The molecule has 0 bridgehead atoms. The van der Waals surface area contributed by atoms with Crippen LogP contribution in [-0.4, -0.2) is 44.4 Å². The number of epoxide rings is 1. The van der Waals surface area contributed by atoms with Crippen LogP contribution < -0.4 is 0 Å². The molecule has 0 N–H and O–H groups in total. The Morgan fingerprint density at radius 2 is 1.04 bits per heavy atom. The number of nitrogens with zero attached hydrogens (tertiary/aromatic N) is 1. The molecular weight excluding hydrogens is 294 g/mol. The summed E-state index contributed by atoms with van der Waals surface area (Å²) in [5, 5.41) is 0. The Labute approximate surface area is 152 Å². The van der Waals surface area contributed by atoms with Crippen molar-refractivity contribution < 1.29 is 9.22 Å². The largest absolute Gasteiger partial charge is 0.367 e. The fourth-order valence-corrected chi connectivity index (χ4v) is 3.73. The van der Waals surface area contributed by atoms with Gasteiger partial charge in [-0.3, -0.25) is 0 Å². The minimum Gasteiger partial charge on any atom is -0.367 e. The highest BCUT2D eigenvalue weighted by Gasteiger charge is 2.30. The number of hydrogen-bond donors (Lipinski definition) is 0. The Bertz CT molecular complexity index is 273. The zero-order valence-electron chi connectivity index (χ0n) is 17.2. The van der Waals surface area contributed by atoms with Crippen LogP contribution in [0.3, 0.4) is 0 Å². The molecule has 0 amide bonds. The Kier molecular flexibility index (Phi) is 12.9. The van der Waals surface area contributed by atoms with Crippen molar-refractivity contribution in [1.29, 1.82) is 0 Å². The Morgan fingerprint density at radius 3 is 1.42 bits per heavy atom. The van der Waals surface area contributed by atoms with Crippen LogP contribution in [0.5, 0.6) is 0 Å². The van der Waals surface area contributed by atoms with Gasteiger partial charge in [0.05, 0.1) is 27.2 Å². The topological polar surface area (TPSA) is 12.5 Å². The van der Waals surface area contributed by atoms with Gasteiger partial charge in [0.15, 0.2) is 0 Å². The quantitative estimate of drug-likeness (QED) is 0.161. The fraction of sp³-hybridized carbons (Fsp3) is 1.00. The molecule has 1 unspecified atom stereocenters. The highest BCUT2D eigenvalue weighted by molar-refractivity contribution is 4.67. The van der Waals surface area contributed by atoms with Crippen LogP contribution in [0.25, 0.3) is 0 Å². The van der Waals surface area contributed by atoms with Crippen LogP contribution in [0.15, 0.2) is 0 Å². The summed E-state index contributed by atoms with van der Waals surface area (Å²) >= 11 is 0. The normalized spacial score (nSPS) is 17.4. The van der Waals surface area contributed by atoms with Crippen molar-refractivity contribution in [1.82, 2.24) is 0 Å². The predicted molar refractivity (Wildman–Crippen MR) is 107 cm³/mol. The summed E-state index contributed by atoms with van der Waals surface area (Å²) in [6, 6.07) is 0. The maximum atomic E-state index is 5.36. The van der Waals surface area contributed by atoms with Gasteiger partial charge in [0, 0.05) is 0 Å². The number of ether oxygens (including phenoxy) is 1. The van der Waals surface area contributed by atoms with Gasteiger partial charge in [-0.1, -0.05) is 90.4 Å². The van der Waals surface area contributed by atoms with E-state index in [1.165, 1.54) is 109 Å². The maximum Gasteiger partial charge on any atom is 0.130 e. The molecule has 144 valence electrons. The second-order valence-corrected chi connectivity index (χ2v) is 8.75. The van der Waals surface area contributed by atoms with Crippen molar-refractivity contribution in [2.45, 2.75) is 109 Å². The lowest BCUT2D eigenvalue weighted by molar-refractivity contribution is -0.891. The molecule has 1 atom stereocenters. The SMILES string of the molecule is CCCCCCCCCCCCCCCCC[N+](C)(C)CC1CO1. The molecule has 0 spiro atoms. The van der Waals surface area contributed by atoms with Crippen molar-refractivity contribution in [2.75, 3.05) is 33.8 Å².